The minimum atomic E-state index is 0.145. The largest absolute Gasteiger partial charge is 0.246 e. The summed E-state index contributed by atoms with van der Waals surface area (Å²) in [5.74, 6) is 0.924. The lowest BCUT2D eigenvalue weighted by Crippen LogP contribution is -2.16. The molecule has 0 fully saturated rings. The first-order valence-corrected chi connectivity index (χ1v) is 7.20. The minimum Gasteiger partial charge on any atom is -0.246 e. The predicted octanol–water partition coefficient (Wildman–Crippen LogP) is 4.39. The number of thioether (sulfide) groups is 1. The third-order valence-electron chi connectivity index (χ3n) is 3.97. The van der Waals surface area contributed by atoms with E-state index in [-0.39, 0.29) is 5.41 Å². The molecule has 2 heteroatoms. The van der Waals surface area contributed by atoms with Crippen molar-refractivity contribution in [1.29, 1.82) is 0 Å². The molecule has 0 N–H and O–H groups in total. The van der Waals surface area contributed by atoms with Gasteiger partial charge in [0.05, 0.1) is 0 Å². The van der Waals surface area contributed by atoms with Gasteiger partial charge < -0.3 is 0 Å². The van der Waals surface area contributed by atoms with Gasteiger partial charge in [0.1, 0.15) is 5.04 Å². The topological polar surface area (TPSA) is 12.4 Å². The molecule has 0 spiro atoms. The highest BCUT2D eigenvalue weighted by Gasteiger charge is 2.30. The molecular weight excluding hydrogens is 238 g/mol. The van der Waals surface area contributed by atoms with Crippen LogP contribution in [0.1, 0.15) is 37.5 Å². The lowest BCUT2D eigenvalue weighted by Gasteiger charge is -2.22. The van der Waals surface area contributed by atoms with Crippen molar-refractivity contribution >= 4 is 22.9 Å². The molecule has 0 saturated heterocycles. The van der Waals surface area contributed by atoms with Crippen molar-refractivity contribution in [2.75, 3.05) is 5.75 Å². The van der Waals surface area contributed by atoms with Gasteiger partial charge >= 0.3 is 0 Å². The average Bonchev–Trinajstić information content (AvgIpc) is 2.83. The highest BCUT2D eigenvalue weighted by molar-refractivity contribution is 8.14. The lowest BCUT2D eigenvalue weighted by atomic mass is 9.81. The lowest BCUT2D eigenvalue weighted by molar-refractivity contribution is 0.639. The zero-order valence-corrected chi connectivity index (χ0v) is 11.9. The Bertz CT molecular complexity index is 606. The summed E-state index contributed by atoms with van der Waals surface area (Å²) in [5, 5.41) is 1.11. The standard InChI is InChI=1S/C16H17NS/c1-10-7-12-5-6-13(8-14(12)16(10,3)4)15-17-11(2)9-18-15/h5-8H,2,9H2,1,3-4H3. The zero-order valence-electron chi connectivity index (χ0n) is 11.1. The Morgan fingerprint density at radius 3 is 2.78 bits per heavy atom. The molecule has 1 aliphatic carbocycles. The van der Waals surface area contributed by atoms with Crippen LogP contribution in [0.4, 0.5) is 0 Å². The summed E-state index contributed by atoms with van der Waals surface area (Å²) >= 11 is 1.78. The number of rotatable bonds is 1. The third-order valence-corrected chi connectivity index (χ3v) is 5.04. The maximum Gasteiger partial charge on any atom is 0.104 e. The first kappa shape index (κ1) is 11.8. The Morgan fingerprint density at radius 1 is 1.33 bits per heavy atom. The van der Waals surface area contributed by atoms with Crippen molar-refractivity contribution in [3.63, 3.8) is 0 Å². The van der Waals surface area contributed by atoms with Gasteiger partial charge in [-0.15, -0.1) is 0 Å². The van der Waals surface area contributed by atoms with Gasteiger partial charge in [0.15, 0.2) is 0 Å². The molecule has 0 amide bonds. The predicted molar refractivity (Wildman–Crippen MR) is 81.3 cm³/mol. The Labute approximate surface area is 113 Å². The Kier molecular flexibility index (Phi) is 2.53. The van der Waals surface area contributed by atoms with Crippen LogP contribution >= 0.6 is 11.8 Å². The molecular formula is C16H17NS. The van der Waals surface area contributed by atoms with E-state index in [4.69, 9.17) is 0 Å². The van der Waals surface area contributed by atoms with Gasteiger partial charge in [-0.1, -0.05) is 56.0 Å². The van der Waals surface area contributed by atoms with Crippen LogP contribution in [0, 0.1) is 0 Å². The van der Waals surface area contributed by atoms with Crippen LogP contribution in [0.3, 0.4) is 0 Å². The van der Waals surface area contributed by atoms with Gasteiger partial charge in [0.2, 0.25) is 0 Å². The number of fused-ring (bicyclic) bond motifs is 1. The number of benzene rings is 1. The number of nitrogens with zero attached hydrogens (tertiary/aromatic N) is 1. The molecule has 0 unspecified atom stereocenters. The molecule has 0 saturated carbocycles. The molecule has 0 atom stereocenters. The normalized spacial score (nSPS) is 20.7. The number of allylic oxidation sites excluding steroid dienone is 1. The van der Waals surface area contributed by atoms with Crippen molar-refractivity contribution in [1.82, 2.24) is 0 Å². The van der Waals surface area contributed by atoms with Crippen molar-refractivity contribution in [2.24, 2.45) is 4.99 Å². The second kappa shape index (κ2) is 3.86. The zero-order chi connectivity index (χ0) is 12.9. The van der Waals surface area contributed by atoms with Crippen LogP contribution in [-0.2, 0) is 5.41 Å². The van der Waals surface area contributed by atoms with E-state index in [9.17, 15) is 0 Å². The van der Waals surface area contributed by atoms with Gasteiger partial charge in [-0.3, -0.25) is 0 Å². The summed E-state index contributed by atoms with van der Waals surface area (Å²) in [7, 11) is 0. The first-order chi connectivity index (χ1) is 8.48. The van der Waals surface area contributed by atoms with Crippen molar-refractivity contribution in [2.45, 2.75) is 26.2 Å². The van der Waals surface area contributed by atoms with Gasteiger partial charge in [-0.2, -0.15) is 0 Å². The van der Waals surface area contributed by atoms with E-state index in [2.05, 4.69) is 56.6 Å². The van der Waals surface area contributed by atoms with E-state index >= 15 is 0 Å². The molecule has 1 nitrogen and oxygen atoms in total. The SMILES string of the molecule is C=C1CSC(c2ccc3c(c2)C(C)(C)C(C)=C3)=N1. The summed E-state index contributed by atoms with van der Waals surface area (Å²) in [6.07, 6.45) is 2.29. The average molecular weight is 255 g/mol. The molecule has 1 heterocycles. The Hall–Kier alpha value is -1.28. The highest BCUT2D eigenvalue weighted by atomic mass is 32.2. The fourth-order valence-corrected chi connectivity index (χ4v) is 3.35. The molecule has 18 heavy (non-hydrogen) atoms. The molecule has 1 aromatic rings. The van der Waals surface area contributed by atoms with E-state index < -0.39 is 0 Å². The molecule has 0 bridgehead atoms. The molecule has 0 radical (unpaired) electrons. The van der Waals surface area contributed by atoms with E-state index in [1.54, 1.807) is 11.8 Å². The summed E-state index contributed by atoms with van der Waals surface area (Å²) in [6, 6.07) is 6.69. The summed E-state index contributed by atoms with van der Waals surface area (Å²) in [6.45, 7) is 10.7. The summed E-state index contributed by atoms with van der Waals surface area (Å²) in [5.41, 5.74) is 6.55. The number of hydrogen-bond donors (Lipinski definition) is 0. The Morgan fingerprint density at radius 2 is 2.11 bits per heavy atom. The van der Waals surface area contributed by atoms with E-state index in [0.717, 1.165) is 16.5 Å². The first-order valence-electron chi connectivity index (χ1n) is 6.21. The van der Waals surface area contributed by atoms with Crippen LogP contribution in [0.5, 0.6) is 0 Å². The van der Waals surface area contributed by atoms with Gasteiger partial charge in [-0.05, 0) is 24.1 Å². The highest BCUT2D eigenvalue weighted by Crippen LogP contribution is 2.42. The fourth-order valence-electron chi connectivity index (χ4n) is 2.49. The van der Waals surface area contributed by atoms with Crippen molar-refractivity contribution in [3.05, 3.63) is 52.7 Å². The molecule has 3 rings (SSSR count). The van der Waals surface area contributed by atoms with Crippen molar-refractivity contribution < 1.29 is 0 Å². The van der Waals surface area contributed by atoms with Crippen LogP contribution in [0.2, 0.25) is 0 Å². The molecule has 1 aromatic carbocycles. The van der Waals surface area contributed by atoms with E-state index in [1.165, 1.54) is 22.3 Å². The van der Waals surface area contributed by atoms with Gasteiger partial charge in [0, 0.05) is 22.4 Å². The second-order valence-electron chi connectivity index (χ2n) is 5.53. The maximum absolute atomic E-state index is 4.52. The monoisotopic (exact) mass is 255 g/mol. The second-order valence-corrected chi connectivity index (χ2v) is 6.49. The third kappa shape index (κ3) is 1.67. The summed E-state index contributed by atoms with van der Waals surface area (Å²) in [4.78, 5) is 4.52. The molecule has 0 aromatic heterocycles. The number of hydrogen-bond acceptors (Lipinski definition) is 2. The van der Waals surface area contributed by atoms with Crippen LogP contribution < -0.4 is 0 Å². The van der Waals surface area contributed by atoms with Gasteiger partial charge in [0.25, 0.3) is 0 Å². The van der Waals surface area contributed by atoms with Crippen LogP contribution in [0.25, 0.3) is 6.08 Å². The summed E-state index contributed by atoms with van der Waals surface area (Å²) < 4.78 is 0. The van der Waals surface area contributed by atoms with E-state index in [0.29, 0.717) is 0 Å². The van der Waals surface area contributed by atoms with Gasteiger partial charge in [-0.25, -0.2) is 4.99 Å². The van der Waals surface area contributed by atoms with Crippen LogP contribution in [-0.4, -0.2) is 10.8 Å². The minimum absolute atomic E-state index is 0.145. The quantitative estimate of drug-likeness (QED) is 0.725. The smallest absolute Gasteiger partial charge is 0.104 e. The Balaban J connectivity index is 2.07. The molecule has 2 aliphatic rings. The molecule has 92 valence electrons. The van der Waals surface area contributed by atoms with Crippen LogP contribution in [0.15, 0.2) is 41.0 Å². The van der Waals surface area contributed by atoms with E-state index in [1.807, 2.05) is 0 Å². The maximum atomic E-state index is 4.52. The number of aliphatic imine (C=N–C) groups is 1. The van der Waals surface area contributed by atoms with Crippen molar-refractivity contribution in [3.8, 4) is 0 Å². The fraction of sp³-hybridized carbons (Fsp3) is 0.312. The molecule has 1 aliphatic heterocycles.